The van der Waals surface area contributed by atoms with Crippen LogP contribution in [0.25, 0.3) is 0 Å². The number of nitrogens with zero attached hydrogens (tertiary/aromatic N) is 2. The summed E-state index contributed by atoms with van der Waals surface area (Å²) in [6.45, 7) is 4.90. The van der Waals surface area contributed by atoms with Crippen molar-refractivity contribution in [1.82, 2.24) is 15.2 Å². The van der Waals surface area contributed by atoms with Gasteiger partial charge in [0.25, 0.3) is 5.91 Å². The van der Waals surface area contributed by atoms with Crippen LogP contribution in [0.1, 0.15) is 72.1 Å². The Kier molecular flexibility index (Phi) is 5.78. The maximum Gasteiger partial charge on any atom is 0.276 e. The van der Waals surface area contributed by atoms with Gasteiger partial charge in [-0.1, -0.05) is 43.2 Å². The molecule has 0 radical (unpaired) electrons. The molecule has 6 nitrogen and oxygen atoms in total. The van der Waals surface area contributed by atoms with E-state index in [1.54, 1.807) is 13.8 Å². The van der Waals surface area contributed by atoms with Crippen molar-refractivity contribution < 1.29 is 14.0 Å². The Morgan fingerprint density at radius 1 is 1.03 bits per heavy atom. The number of hydrogen-bond acceptors (Lipinski definition) is 4. The molecule has 2 heterocycles. The summed E-state index contributed by atoms with van der Waals surface area (Å²) < 4.78 is 5.47. The minimum absolute atomic E-state index is 0.0471. The lowest BCUT2D eigenvalue weighted by molar-refractivity contribution is -0.125. The predicted molar refractivity (Wildman–Crippen MR) is 121 cm³/mol. The van der Waals surface area contributed by atoms with Crippen LogP contribution in [0.3, 0.4) is 0 Å². The average Bonchev–Trinajstić information content (AvgIpc) is 3.47. The maximum absolute atomic E-state index is 13.6. The van der Waals surface area contributed by atoms with Gasteiger partial charge in [0.15, 0.2) is 11.6 Å². The first-order valence-electron chi connectivity index (χ1n) is 12.1. The first-order valence-corrected chi connectivity index (χ1v) is 12.1. The molecule has 1 aromatic heterocycles. The largest absolute Gasteiger partial charge is 0.445 e. The molecule has 1 N–H and O–H groups in total. The first kappa shape index (κ1) is 21.2. The van der Waals surface area contributed by atoms with Gasteiger partial charge in [-0.05, 0) is 55.9 Å². The van der Waals surface area contributed by atoms with Crippen molar-refractivity contribution in [3.05, 3.63) is 53.2 Å². The van der Waals surface area contributed by atoms with Gasteiger partial charge in [-0.15, -0.1) is 0 Å². The molecule has 2 saturated carbocycles. The van der Waals surface area contributed by atoms with Gasteiger partial charge < -0.3 is 14.6 Å². The van der Waals surface area contributed by atoms with E-state index in [0.29, 0.717) is 48.2 Å². The van der Waals surface area contributed by atoms with Crippen LogP contribution >= 0.6 is 0 Å². The number of aryl methyl sites for hydroxylation is 2. The number of hydrogen-bond donors (Lipinski definition) is 1. The number of benzene rings is 1. The third-order valence-corrected chi connectivity index (χ3v) is 7.85. The fourth-order valence-electron chi connectivity index (χ4n) is 6.34. The van der Waals surface area contributed by atoms with Gasteiger partial charge in [-0.3, -0.25) is 9.59 Å². The second-order valence-corrected chi connectivity index (χ2v) is 9.91. The smallest absolute Gasteiger partial charge is 0.276 e. The maximum atomic E-state index is 13.6. The van der Waals surface area contributed by atoms with Crippen LogP contribution in [0.2, 0.25) is 0 Å². The van der Waals surface area contributed by atoms with E-state index in [2.05, 4.69) is 22.4 Å². The summed E-state index contributed by atoms with van der Waals surface area (Å²) in [7, 11) is 0. The highest BCUT2D eigenvalue weighted by atomic mass is 16.4. The molecule has 6 heteroatoms. The Balaban J connectivity index is 1.29. The van der Waals surface area contributed by atoms with Gasteiger partial charge >= 0.3 is 0 Å². The van der Waals surface area contributed by atoms with E-state index in [4.69, 9.17) is 4.42 Å². The highest BCUT2D eigenvalue weighted by Gasteiger charge is 2.45. The van der Waals surface area contributed by atoms with Gasteiger partial charge in [0, 0.05) is 26.1 Å². The molecule has 4 atom stereocenters. The lowest BCUT2D eigenvalue weighted by Crippen LogP contribution is -2.55. The Morgan fingerprint density at radius 3 is 2.28 bits per heavy atom. The number of oxazole rings is 1. The molecule has 5 rings (SSSR count). The second-order valence-electron chi connectivity index (χ2n) is 9.91. The van der Waals surface area contributed by atoms with Crippen LogP contribution < -0.4 is 5.32 Å². The molecule has 2 aromatic rings. The van der Waals surface area contributed by atoms with Gasteiger partial charge in [0.2, 0.25) is 5.91 Å². The monoisotopic (exact) mass is 435 g/mol. The Bertz CT molecular complexity index is 965. The van der Waals surface area contributed by atoms with Crippen LogP contribution in [0.15, 0.2) is 34.7 Å². The minimum Gasteiger partial charge on any atom is -0.445 e. The highest BCUT2D eigenvalue weighted by molar-refractivity contribution is 5.93. The normalized spacial score (nSPS) is 26.3. The number of nitrogens with one attached hydrogen (secondary N) is 1. The number of aromatic nitrogens is 1. The van der Waals surface area contributed by atoms with Crippen LogP contribution in [0.4, 0.5) is 0 Å². The number of fused-ring (bicyclic) bond motifs is 2. The summed E-state index contributed by atoms with van der Waals surface area (Å²) in [5, 5.41) is 3.46. The van der Waals surface area contributed by atoms with Gasteiger partial charge in [0.05, 0.1) is 5.92 Å². The topological polar surface area (TPSA) is 75.4 Å². The number of rotatable bonds is 5. The summed E-state index contributed by atoms with van der Waals surface area (Å²) in [6, 6.07) is 10.4. The van der Waals surface area contributed by atoms with E-state index >= 15 is 0 Å². The van der Waals surface area contributed by atoms with Crippen molar-refractivity contribution in [2.24, 2.45) is 17.8 Å². The molecule has 2 unspecified atom stereocenters. The van der Waals surface area contributed by atoms with Gasteiger partial charge in [-0.25, -0.2) is 4.98 Å². The molecular weight excluding hydrogens is 402 g/mol. The van der Waals surface area contributed by atoms with Crippen LogP contribution in [-0.4, -0.2) is 40.8 Å². The predicted octanol–water partition coefficient (Wildman–Crippen LogP) is 4.23. The third kappa shape index (κ3) is 3.96. The molecule has 2 aliphatic carbocycles. The van der Waals surface area contributed by atoms with Crippen molar-refractivity contribution in [3.8, 4) is 0 Å². The summed E-state index contributed by atoms with van der Waals surface area (Å²) in [5.74, 6) is 2.19. The molecule has 1 saturated heterocycles. The standard InChI is InChI=1S/C26H33N3O3/c1-16-23(27-17(2)32-16)26(31)29-14-20-12-13-21(15-29)24(20)28-25(30)22(19-10-6-7-11-19)18-8-4-3-5-9-18/h3-5,8-9,19-22,24H,6-7,10-15H2,1-2H3,(H,28,30)/t20-,21+,22?,24?. The van der Waals surface area contributed by atoms with Crippen LogP contribution in [0, 0.1) is 31.6 Å². The van der Waals surface area contributed by atoms with Crippen molar-refractivity contribution >= 4 is 11.8 Å². The van der Waals surface area contributed by atoms with E-state index in [-0.39, 0.29) is 23.8 Å². The second kappa shape index (κ2) is 8.72. The molecule has 170 valence electrons. The molecule has 0 spiro atoms. The van der Waals surface area contributed by atoms with Crippen LogP contribution in [0.5, 0.6) is 0 Å². The quantitative estimate of drug-likeness (QED) is 0.763. The van der Waals surface area contributed by atoms with Gasteiger partial charge in [0.1, 0.15) is 5.76 Å². The van der Waals surface area contributed by atoms with Crippen molar-refractivity contribution in [2.75, 3.05) is 13.1 Å². The fourth-order valence-corrected chi connectivity index (χ4v) is 6.34. The number of carbonyl (C=O) groups is 2. The number of carbonyl (C=O) groups excluding carboxylic acids is 2. The van der Waals surface area contributed by atoms with E-state index in [0.717, 1.165) is 31.2 Å². The lowest BCUT2D eigenvalue weighted by atomic mass is 9.83. The molecule has 32 heavy (non-hydrogen) atoms. The molecule has 1 aromatic carbocycles. The van der Waals surface area contributed by atoms with Gasteiger partial charge in [-0.2, -0.15) is 0 Å². The van der Waals surface area contributed by atoms with Crippen molar-refractivity contribution in [3.63, 3.8) is 0 Å². The minimum atomic E-state index is -0.0708. The average molecular weight is 436 g/mol. The zero-order valence-corrected chi connectivity index (χ0v) is 19.0. The van der Waals surface area contributed by atoms with Crippen LogP contribution in [-0.2, 0) is 4.79 Å². The Labute approximate surface area is 189 Å². The molecule has 3 fully saturated rings. The SMILES string of the molecule is Cc1nc(C(=O)N2C[C@H]3CC[C@@H](C2)C3NC(=O)C(c2ccccc2)C2CCCC2)c(C)o1. The Hall–Kier alpha value is -2.63. The first-order chi connectivity index (χ1) is 15.5. The summed E-state index contributed by atoms with van der Waals surface area (Å²) in [5.41, 5.74) is 1.56. The number of piperidine rings is 1. The number of amides is 2. The zero-order chi connectivity index (χ0) is 22.2. The highest BCUT2D eigenvalue weighted by Crippen LogP contribution is 2.40. The number of likely N-dealkylation sites (tertiary alicyclic amines) is 1. The van der Waals surface area contributed by atoms with E-state index < -0.39 is 0 Å². The molecular formula is C26H33N3O3. The van der Waals surface area contributed by atoms with E-state index in [1.165, 1.54) is 12.8 Å². The molecule has 2 bridgehead atoms. The summed E-state index contributed by atoms with van der Waals surface area (Å²) in [4.78, 5) is 32.9. The molecule has 3 aliphatic rings. The molecule has 1 aliphatic heterocycles. The van der Waals surface area contributed by atoms with E-state index in [9.17, 15) is 9.59 Å². The molecule has 2 amide bonds. The van der Waals surface area contributed by atoms with Crippen molar-refractivity contribution in [1.29, 1.82) is 0 Å². The zero-order valence-electron chi connectivity index (χ0n) is 19.0. The van der Waals surface area contributed by atoms with E-state index in [1.807, 2.05) is 23.1 Å². The summed E-state index contributed by atoms with van der Waals surface area (Å²) >= 11 is 0. The lowest BCUT2D eigenvalue weighted by Gasteiger charge is -2.39. The summed E-state index contributed by atoms with van der Waals surface area (Å²) in [6.07, 6.45) is 6.79. The van der Waals surface area contributed by atoms with Crippen molar-refractivity contribution in [2.45, 2.75) is 64.3 Å². The fraction of sp³-hybridized carbons (Fsp3) is 0.577. The third-order valence-electron chi connectivity index (χ3n) is 7.85. The Morgan fingerprint density at radius 2 is 1.69 bits per heavy atom.